The molecule has 1 aliphatic rings. The smallest absolute Gasteiger partial charge is 0.219 e. The summed E-state index contributed by atoms with van der Waals surface area (Å²) >= 11 is 0. The van der Waals surface area contributed by atoms with Crippen molar-refractivity contribution in [2.24, 2.45) is 11.7 Å². The largest absolute Gasteiger partial charge is 0.507 e. The average molecular weight is 428 g/mol. The second kappa shape index (κ2) is 8.98. The van der Waals surface area contributed by atoms with Crippen molar-refractivity contribution < 1.29 is 9.90 Å². The predicted molar refractivity (Wildman–Crippen MR) is 125 cm³/mol. The normalized spacial score (nSPS) is 12.8. The van der Waals surface area contributed by atoms with E-state index in [1.165, 1.54) is 12.8 Å². The lowest BCUT2D eigenvalue weighted by Gasteiger charge is -2.25. The van der Waals surface area contributed by atoms with Gasteiger partial charge in [0.05, 0.1) is 5.69 Å². The van der Waals surface area contributed by atoms with Crippen molar-refractivity contribution in [2.75, 3.05) is 23.7 Å². The van der Waals surface area contributed by atoms with Crippen LogP contribution in [0.2, 0.25) is 0 Å². The van der Waals surface area contributed by atoms with Gasteiger partial charge in [0.1, 0.15) is 23.2 Å². The molecule has 0 saturated heterocycles. The van der Waals surface area contributed by atoms with Crippen molar-refractivity contribution in [3.05, 3.63) is 60.2 Å². The first-order valence-electron chi connectivity index (χ1n) is 10.6. The number of anilines is 2. The first kappa shape index (κ1) is 21.2. The van der Waals surface area contributed by atoms with Crippen LogP contribution in [0.25, 0.3) is 22.4 Å². The van der Waals surface area contributed by atoms with E-state index in [2.05, 4.69) is 16.0 Å². The van der Waals surface area contributed by atoms with Crippen molar-refractivity contribution in [3.8, 4) is 34.2 Å². The van der Waals surface area contributed by atoms with Crippen molar-refractivity contribution in [1.82, 2.24) is 4.98 Å². The zero-order valence-corrected chi connectivity index (χ0v) is 17.7. The van der Waals surface area contributed by atoms with E-state index >= 15 is 0 Å². The average Bonchev–Trinajstić information content (AvgIpc) is 3.60. The number of phenolic OH excluding ortho intramolecular Hbond substituents is 1. The van der Waals surface area contributed by atoms with E-state index in [0.717, 1.165) is 17.8 Å². The molecule has 1 aliphatic carbocycles. The number of nitrogens with two attached hydrogens (primary N) is 2. The van der Waals surface area contributed by atoms with Gasteiger partial charge in [-0.05, 0) is 54.7 Å². The monoisotopic (exact) mass is 427 g/mol. The lowest BCUT2D eigenvalue weighted by atomic mass is 9.97. The van der Waals surface area contributed by atoms with Crippen molar-refractivity contribution in [3.63, 3.8) is 0 Å². The third-order valence-electron chi connectivity index (χ3n) is 5.67. The highest BCUT2D eigenvalue weighted by Crippen LogP contribution is 2.36. The highest BCUT2D eigenvalue weighted by molar-refractivity contribution is 5.82. The van der Waals surface area contributed by atoms with E-state index in [1.807, 2.05) is 24.3 Å². The van der Waals surface area contributed by atoms with Crippen molar-refractivity contribution in [1.29, 1.82) is 5.26 Å². The van der Waals surface area contributed by atoms with Crippen LogP contribution in [-0.2, 0) is 4.79 Å². The van der Waals surface area contributed by atoms with Crippen LogP contribution in [0.5, 0.6) is 5.75 Å². The van der Waals surface area contributed by atoms with Gasteiger partial charge in [0, 0.05) is 36.3 Å². The SMILES string of the molecule is N#Cc1c(-c2cccc(N(CCC(N)=O)CC3CC3)c2)cc(-c2ccccc2O)nc1N. The number of rotatable bonds is 8. The molecule has 0 bridgehead atoms. The Morgan fingerprint density at radius 1 is 1.16 bits per heavy atom. The quantitative estimate of drug-likeness (QED) is 0.503. The molecule has 7 nitrogen and oxygen atoms in total. The van der Waals surface area contributed by atoms with Gasteiger partial charge in [0.25, 0.3) is 0 Å². The fraction of sp³-hybridized carbons (Fsp3) is 0.240. The summed E-state index contributed by atoms with van der Waals surface area (Å²) in [6.07, 6.45) is 2.66. The molecule has 1 aromatic heterocycles. The Hall–Kier alpha value is -4.05. The second-order valence-electron chi connectivity index (χ2n) is 8.10. The van der Waals surface area contributed by atoms with Gasteiger partial charge in [-0.2, -0.15) is 5.26 Å². The minimum atomic E-state index is -0.331. The Kier molecular flexibility index (Phi) is 5.95. The number of hydrogen-bond acceptors (Lipinski definition) is 6. The van der Waals surface area contributed by atoms with Crippen LogP contribution in [0.4, 0.5) is 11.5 Å². The molecule has 5 N–H and O–H groups in total. The number of phenols is 1. The maximum Gasteiger partial charge on any atom is 0.219 e. The number of hydrogen-bond donors (Lipinski definition) is 3. The van der Waals surface area contributed by atoms with Crippen molar-refractivity contribution >= 4 is 17.4 Å². The molecule has 7 heteroatoms. The third-order valence-corrected chi connectivity index (χ3v) is 5.67. The predicted octanol–water partition coefficient (Wildman–Crippen LogP) is 3.67. The van der Waals surface area contributed by atoms with Crippen LogP contribution in [-0.4, -0.2) is 29.1 Å². The number of nitrogen functional groups attached to an aromatic ring is 1. The fourth-order valence-corrected chi connectivity index (χ4v) is 3.79. The summed E-state index contributed by atoms with van der Waals surface area (Å²) in [5, 5.41) is 20.0. The molecular weight excluding hydrogens is 402 g/mol. The van der Waals surface area contributed by atoms with Gasteiger partial charge in [0.2, 0.25) is 5.91 Å². The molecule has 4 rings (SSSR count). The summed E-state index contributed by atoms with van der Waals surface area (Å²) in [4.78, 5) is 17.9. The van der Waals surface area contributed by atoms with E-state index in [1.54, 1.807) is 30.3 Å². The Morgan fingerprint density at radius 3 is 2.62 bits per heavy atom. The molecule has 3 aromatic rings. The summed E-state index contributed by atoms with van der Waals surface area (Å²) in [5.41, 5.74) is 15.2. The van der Waals surface area contributed by atoms with Crippen LogP contribution in [0.15, 0.2) is 54.6 Å². The maximum atomic E-state index is 11.4. The lowest BCUT2D eigenvalue weighted by molar-refractivity contribution is -0.117. The van der Waals surface area contributed by atoms with E-state index in [9.17, 15) is 15.2 Å². The van der Waals surface area contributed by atoms with Gasteiger partial charge in [-0.25, -0.2) is 4.98 Å². The molecule has 1 saturated carbocycles. The minimum Gasteiger partial charge on any atom is -0.507 e. The molecule has 162 valence electrons. The van der Waals surface area contributed by atoms with E-state index in [0.29, 0.717) is 29.3 Å². The van der Waals surface area contributed by atoms with Crippen molar-refractivity contribution in [2.45, 2.75) is 19.3 Å². The Bertz CT molecular complexity index is 1200. The topological polar surface area (TPSA) is 129 Å². The van der Waals surface area contributed by atoms with Gasteiger partial charge in [-0.3, -0.25) is 4.79 Å². The fourth-order valence-electron chi connectivity index (χ4n) is 3.79. The molecule has 1 heterocycles. The molecular formula is C25H25N5O2. The molecule has 0 unspecified atom stereocenters. The standard InChI is InChI=1S/C25H25N5O2/c26-14-21-20(13-22(29-25(21)28)19-6-1-2-7-23(19)31)17-4-3-5-18(12-17)30(11-10-24(27)32)15-16-8-9-16/h1-7,12-13,16,31H,8-11,15H2,(H2,27,32)(H2,28,29). The zero-order valence-electron chi connectivity index (χ0n) is 17.7. The van der Waals surface area contributed by atoms with E-state index in [4.69, 9.17) is 11.5 Å². The Morgan fingerprint density at radius 2 is 1.94 bits per heavy atom. The Labute approximate surface area is 186 Å². The van der Waals surface area contributed by atoms with Crippen LogP contribution < -0.4 is 16.4 Å². The molecule has 0 radical (unpaired) electrons. The molecule has 1 amide bonds. The number of para-hydroxylation sites is 1. The van der Waals surface area contributed by atoms with Gasteiger partial charge in [-0.15, -0.1) is 0 Å². The highest BCUT2D eigenvalue weighted by Gasteiger charge is 2.25. The number of amides is 1. The molecule has 32 heavy (non-hydrogen) atoms. The Balaban J connectivity index is 1.76. The van der Waals surface area contributed by atoms with Gasteiger partial charge in [-0.1, -0.05) is 24.3 Å². The van der Waals surface area contributed by atoms with Gasteiger partial charge < -0.3 is 21.5 Å². The number of aromatic nitrogens is 1. The van der Waals surface area contributed by atoms with Crippen LogP contribution >= 0.6 is 0 Å². The molecule has 0 spiro atoms. The summed E-state index contributed by atoms with van der Waals surface area (Å²) in [7, 11) is 0. The number of nitriles is 1. The number of nitrogens with zero attached hydrogens (tertiary/aromatic N) is 3. The van der Waals surface area contributed by atoms with Crippen LogP contribution in [0, 0.1) is 17.2 Å². The molecule has 1 fully saturated rings. The first-order chi connectivity index (χ1) is 15.5. The lowest BCUT2D eigenvalue weighted by Crippen LogP contribution is -2.30. The summed E-state index contributed by atoms with van der Waals surface area (Å²) < 4.78 is 0. The number of primary amides is 1. The number of aromatic hydroxyl groups is 1. The first-order valence-corrected chi connectivity index (χ1v) is 10.6. The van der Waals surface area contributed by atoms with Gasteiger partial charge in [0.15, 0.2) is 0 Å². The number of carbonyl (C=O) groups excluding carboxylic acids is 1. The van der Waals surface area contributed by atoms with Gasteiger partial charge >= 0.3 is 0 Å². The molecule has 2 aromatic carbocycles. The maximum absolute atomic E-state index is 11.4. The third kappa shape index (κ3) is 4.65. The zero-order chi connectivity index (χ0) is 22.7. The van der Waals surface area contributed by atoms with Crippen LogP contribution in [0.1, 0.15) is 24.8 Å². The summed E-state index contributed by atoms with van der Waals surface area (Å²) in [6, 6.07) is 18.6. The summed E-state index contributed by atoms with van der Waals surface area (Å²) in [5.74, 6) is 0.497. The summed E-state index contributed by atoms with van der Waals surface area (Å²) in [6.45, 7) is 1.41. The minimum absolute atomic E-state index is 0.0888. The second-order valence-corrected chi connectivity index (χ2v) is 8.10. The molecule has 0 aliphatic heterocycles. The van der Waals surface area contributed by atoms with E-state index < -0.39 is 0 Å². The van der Waals surface area contributed by atoms with Crippen LogP contribution in [0.3, 0.4) is 0 Å². The number of carbonyl (C=O) groups is 1. The number of pyridine rings is 1. The van der Waals surface area contributed by atoms with E-state index in [-0.39, 0.29) is 29.5 Å². The number of benzene rings is 2. The molecule has 0 atom stereocenters. The highest BCUT2D eigenvalue weighted by atomic mass is 16.3.